The van der Waals surface area contributed by atoms with Crippen LogP contribution in [0.5, 0.6) is 0 Å². The van der Waals surface area contributed by atoms with E-state index in [-0.39, 0.29) is 11.9 Å². The van der Waals surface area contributed by atoms with Crippen LogP contribution >= 0.6 is 11.3 Å². The molecule has 1 atom stereocenters. The van der Waals surface area contributed by atoms with Crippen LogP contribution in [0, 0.1) is 6.92 Å². The molecule has 5 heteroatoms. The van der Waals surface area contributed by atoms with Gasteiger partial charge in [-0.1, -0.05) is 43.7 Å². The van der Waals surface area contributed by atoms with Gasteiger partial charge in [-0.2, -0.15) is 0 Å². The molecule has 1 N–H and O–H groups in total. The van der Waals surface area contributed by atoms with Gasteiger partial charge in [0.1, 0.15) is 16.7 Å². The first-order chi connectivity index (χ1) is 12.2. The van der Waals surface area contributed by atoms with Gasteiger partial charge in [-0.15, -0.1) is 11.3 Å². The molecule has 0 radical (unpaired) electrons. The summed E-state index contributed by atoms with van der Waals surface area (Å²) in [6, 6.07) is 13.2. The van der Waals surface area contributed by atoms with Gasteiger partial charge in [0.2, 0.25) is 0 Å². The highest BCUT2D eigenvalue weighted by Gasteiger charge is 2.22. The second kappa shape index (κ2) is 8.12. The summed E-state index contributed by atoms with van der Waals surface area (Å²) >= 11 is 1.49. The van der Waals surface area contributed by atoms with Crippen LogP contribution in [-0.4, -0.2) is 10.9 Å². The number of thiazole rings is 1. The van der Waals surface area contributed by atoms with Crippen LogP contribution in [0.1, 0.15) is 57.5 Å². The molecule has 1 aromatic carbocycles. The van der Waals surface area contributed by atoms with Crippen LogP contribution in [0.25, 0.3) is 0 Å². The minimum absolute atomic E-state index is 0.108. The highest BCUT2D eigenvalue weighted by molar-refractivity contribution is 7.13. The number of unbranched alkanes of at least 4 members (excludes halogenated alkanes) is 1. The summed E-state index contributed by atoms with van der Waals surface area (Å²) < 4.78 is 5.55. The van der Waals surface area contributed by atoms with Crippen molar-refractivity contribution in [1.29, 1.82) is 0 Å². The first kappa shape index (κ1) is 17.4. The highest BCUT2D eigenvalue weighted by Crippen LogP contribution is 2.25. The van der Waals surface area contributed by atoms with Gasteiger partial charge in [-0.25, -0.2) is 4.98 Å². The molecule has 130 valence electrons. The van der Waals surface area contributed by atoms with Crippen LogP contribution in [0.3, 0.4) is 0 Å². The topological polar surface area (TPSA) is 55.1 Å². The number of nitrogens with zero attached hydrogens (tertiary/aromatic N) is 1. The predicted molar refractivity (Wildman–Crippen MR) is 99.9 cm³/mol. The van der Waals surface area contributed by atoms with E-state index in [9.17, 15) is 4.79 Å². The fourth-order valence-corrected chi connectivity index (χ4v) is 3.72. The molecule has 1 amide bonds. The number of carbonyl (C=O) groups is 1. The summed E-state index contributed by atoms with van der Waals surface area (Å²) in [5.41, 5.74) is 1.78. The van der Waals surface area contributed by atoms with E-state index in [1.165, 1.54) is 11.3 Å². The number of aromatic nitrogens is 1. The Hall–Kier alpha value is -2.40. The maximum Gasteiger partial charge on any atom is 0.264 e. The van der Waals surface area contributed by atoms with Gasteiger partial charge in [0.05, 0.1) is 17.0 Å². The number of nitrogens with one attached hydrogen (secondary N) is 1. The Bertz CT molecular complexity index is 810. The van der Waals surface area contributed by atoms with Crippen molar-refractivity contribution >= 4 is 17.2 Å². The van der Waals surface area contributed by atoms with Gasteiger partial charge >= 0.3 is 0 Å². The average molecular weight is 354 g/mol. The van der Waals surface area contributed by atoms with Gasteiger partial charge in [-0.3, -0.25) is 4.79 Å². The molecule has 2 aromatic heterocycles. The number of rotatable bonds is 7. The normalized spacial score (nSPS) is 12.1. The lowest BCUT2D eigenvalue weighted by Crippen LogP contribution is -2.29. The Labute approximate surface area is 151 Å². The largest absolute Gasteiger partial charge is 0.467 e. The number of benzene rings is 1. The van der Waals surface area contributed by atoms with Gasteiger partial charge in [-0.05, 0) is 37.5 Å². The van der Waals surface area contributed by atoms with Crippen molar-refractivity contribution in [2.75, 3.05) is 0 Å². The zero-order chi connectivity index (χ0) is 17.6. The fourth-order valence-electron chi connectivity index (χ4n) is 2.71. The maximum atomic E-state index is 12.8. The molecule has 0 fully saturated rings. The van der Waals surface area contributed by atoms with Crippen molar-refractivity contribution in [3.05, 3.63) is 75.6 Å². The molecular weight excluding hydrogens is 332 g/mol. The van der Waals surface area contributed by atoms with E-state index in [0.717, 1.165) is 35.5 Å². The van der Waals surface area contributed by atoms with E-state index < -0.39 is 0 Å². The zero-order valence-corrected chi connectivity index (χ0v) is 15.3. The third-order valence-corrected chi connectivity index (χ3v) is 5.24. The van der Waals surface area contributed by atoms with Crippen molar-refractivity contribution in [2.24, 2.45) is 0 Å². The van der Waals surface area contributed by atoms with E-state index in [1.54, 1.807) is 6.26 Å². The summed E-state index contributed by atoms with van der Waals surface area (Å²) in [5, 5.41) is 4.13. The maximum absolute atomic E-state index is 12.8. The molecule has 0 saturated carbocycles. The lowest BCUT2D eigenvalue weighted by molar-refractivity contribution is 0.0942. The summed E-state index contributed by atoms with van der Waals surface area (Å²) in [6.45, 7) is 4.05. The van der Waals surface area contributed by atoms with Gasteiger partial charge in [0.15, 0.2) is 0 Å². The summed E-state index contributed by atoms with van der Waals surface area (Å²) in [6.07, 6.45) is 4.76. The Morgan fingerprint density at radius 3 is 2.72 bits per heavy atom. The standard InChI is InChI=1S/C20H22N2O2S/c1-3-4-12-17-21-14(2)19(25-17)20(23)22-18(16-11-8-13-24-16)15-9-6-5-7-10-15/h5-11,13,18H,3-4,12H2,1-2H3,(H,22,23). The summed E-state index contributed by atoms with van der Waals surface area (Å²) in [5.74, 6) is 0.607. The molecular formula is C20H22N2O2S. The monoisotopic (exact) mass is 354 g/mol. The van der Waals surface area contributed by atoms with E-state index in [0.29, 0.717) is 10.6 Å². The number of aryl methyl sites for hydroxylation is 2. The molecule has 1 unspecified atom stereocenters. The van der Waals surface area contributed by atoms with Crippen molar-refractivity contribution < 1.29 is 9.21 Å². The number of hydrogen-bond acceptors (Lipinski definition) is 4. The molecule has 0 aliphatic rings. The van der Waals surface area contributed by atoms with Crippen LogP contribution in [0.2, 0.25) is 0 Å². The smallest absolute Gasteiger partial charge is 0.264 e. The molecule has 25 heavy (non-hydrogen) atoms. The minimum Gasteiger partial charge on any atom is -0.467 e. The van der Waals surface area contributed by atoms with E-state index >= 15 is 0 Å². The molecule has 2 heterocycles. The Morgan fingerprint density at radius 2 is 2.04 bits per heavy atom. The quantitative estimate of drug-likeness (QED) is 0.656. The SMILES string of the molecule is CCCCc1nc(C)c(C(=O)NC(c2ccccc2)c2ccco2)s1. The van der Waals surface area contributed by atoms with Crippen molar-refractivity contribution in [3.63, 3.8) is 0 Å². The van der Waals surface area contributed by atoms with E-state index in [2.05, 4.69) is 17.2 Å². The molecule has 0 saturated heterocycles. The van der Waals surface area contributed by atoms with E-state index in [4.69, 9.17) is 4.42 Å². The lowest BCUT2D eigenvalue weighted by atomic mass is 10.0. The van der Waals surface area contributed by atoms with Crippen LogP contribution in [-0.2, 0) is 6.42 Å². The molecule has 0 aliphatic heterocycles. The molecule has 4 nitrogen and oxygen atoms in total. The average Bonchev–Trinajstić information content (AvgIpc) is 3.28. The molecule has 0 bridgehead atoms. The summed E-state index contributed by atoms with van der Waals surface area (Å²) in [4.78, 5) is 18.1. The predicted octanol–water partition coefficient (Wildman–Crippen LogP) is 4.91. The van der Waals surface area contributed by atoms with Crippen LogP contribution in [0.4, 0.5) is 0 Å². The molecule has 3 aromatic rings. The number of amides is 1. The first-order valence-electron chi connectivity index (χ1n) is 8.54. The van der Waals surface area contributed by atoms with Gasteiger partial charge in [0, 0.05) is 0 Å². The second-order valence-corrected chi connectivity index (χ2v) is 7.04. The first-order valence-corrected chi connectivity index (χ1v) is 9.36. The van der Waals surface area contributed by atoms with Crippen LogP contribution in [0.15, 0.2) is 53.1 Å². The third kappa shape index (κ3) is 4.17. The fraction of sp³-hybridized carbons (Fsp3) is 0.300. The molecule has 0 spiro atoms. The minimum atomic E-state index is -0.315. The molecule has 3 rings (SSSR count). The van der Waals surface area contributed by atoms with Crippen molar-refractivity contribution in [2.45, 2.75) is 39.2 Å². The highest BCUT2D eigenvalue weighted by atomic mass is 32.1. The second-order valence-electron chi connectivity index (χ2n) is 5.96. The molecule has 0 aliphatic carbocycles. The Balaban J connectivity index is 1.83. The van der Waals surface area contributed by atoms with Crippen molar-refractivity contribution in [1.82, 2.24) is 10.3 Å². The number of hydrogen-bond donors (Lipinski definition) is 1. The number of furan rings is 1. The Morgan fingerprint density at radius 1 is 1.24 bits per heavy atom. The third-order valence-electron chi connectivity index (χ3n) is 4.03. The lowest BCUT2D eigenvalue weighted by Gasteiger charge is -2.16. The zero-order valence-electron chi connectivity index (χ0n) is 14.5. The summed E-state index contributed by atoms with van der Waals surface area (Å²) in [7, 11) is 0. The van der Waals surface area contributed by atoms with Gasteiger partial charge in [0.25, 0.3) is 5.91 Å². The van der Waals surface area contributed by atoms with Crippen molar-refractivity contribution in [3.8, 4) is 0 Å². The Kier molecular flexibility index (Phi) is 5.66. The van der Waals surface area contributed by atoms with E-state index in [1.807, 2.05) is 49.4 Å². The van der Waals surface area contributed by atoms with Crippen LogP contribution < -0.4 is 5.32 Å². The number of carbonyl (C=O) groups excluding carboxylic acids is 1. The van der Waals surface area contributed by atoms with Gasteiger partial charge < -0.3 is 9.73 Å².